The summed E-state index contributed by atoms with van der Waals surface area (Å²) in [5.41, 5.74) is 3.54. The molecule has 1 heterocycles. The Labute approximate surface area is 208 Å². The summed E-state index contributed by atoms with van der Waals surface area (Å²) < 4.78 is 0. The Morgan fingerprint density at radius 3 is 2.41 bits per heavy atom. The minimum Gasteiger partial charge on any atom is -0.347 e. The Morgan fingerprint density at radius 1 is 1.06 bits per heavy atom. The monoisotopic (exact) mass is 487 g/mol. The number of hydrogen-bond acceptors (Lipinski definition) is 4. The van der Waals surface area contributed by atoms with Gasteiger partial charge in [-0.25, -0.2) is 0 Å². The minimum atomic E-state index is -0.517. The Bertz CT molecular complexity index is 1280. The number of halogens is 1. The predicted molar refractivity (Wildman–Crippen MR) is 136 cm³/mol. The van der Waals surface area contributed by atoms with E-state index < -0.39 is 11.2 Å². The molecule has 1 saturated heterocycles. The molecule has 34 heavy (non-hydrogen) atoms. The molecule has 0 aliphatic carbocycles. The summed E-state index contributed by atoms with van der Waals surface area (Å²) in [5, 5.41) is 13.1. The molecule has 1 aliphatic heterocycles. The third-order valence-corrected chi connectivity index (χ3v) is 7.07. The second-order valence-corrected chi connectivity index (χ2v) is 9.48. The average Bonchev–Trinajstić information content (AvgIpc) is 3.16. The van der Waals surface area contributed by atoms with Crippen molar-refractivity contribution in [2.45, 2.75) is 25.1 Å². The van der Waals surface area contributed by atoms with Crippen LogP contribution in [0.15, 0.2) is 89.5 Å². The lowest BCUT2D eigenvalue weighted by molar-refractivity contribution is -0.117. The Hall–Kier alpha value is -3.53. The van der Waals surface area contributed by atoms with E-state index in [2.05, 4.69) is 5.32 Å². The first-order valence-corrected chi connectivity index (χ1v) is 12.0. The zero-order chi connectivity index (χ0) is 24.1. The SMILES string of the molecule is Cc1ccccc1C[C@@H]1S/C(=C(/C#N)C(=O)NCc2ccccc2)N(c2ccc(Cl)cc2)C1=O. The molecule has 1 N–H and O–H groups in total. The number of nitriles is 1. The van der Waals surface area contributed by atoms with Gasteiger partial charge in [-0.2, -0.15) is 5.26 Å². The van der Waals surface area contributed by atoms with Gasteiger partial charge in [0.05, 0.1) is 5.25 Å². The van der Waals surface area contributed by atoms with Crippen LogP contribution < -0.4 is 10.2 Å². The summed E-state index contributed by atoms with van der Waals surface area (Å²) in [4.78, 5) is 28.0. The van der Waals surface area contributed by atoms with Gasteiger partial charge in [0.25, 0.3) is 5.91 Å². The molecule has 2 amide bonds. The molecule has 1 fully saturated rings. The first-order valence-electron chi connectivity index (χ1n) is 10.7. The smallest absolute Gasteiger partial charge is 0.264 e. The van der Waals surface area contributed by atoms with Crippen molar-refractivity contribution in [3.63, 3.8) is 0 Å². The number of aryl methyl sites for hydroxylation is 1. The third-order valence-electron chi connectivity index (χ3n) is 5.55. The number of hydrogen-bond donors (Lipinski definition) is 1. The quantitative estimate of drug-likeness (QED) is 0.373. The second kappa shape index (κ2) is 10.6. The van der Waals surface area contributed by atoms with Crippen molar-refractivity contribution in [2.75, 3.05) is 4.90 Å². The topological polar surface area (TPSA) is 73.2 Å². The lowest BCUT2D eigenvalue weighted by atomic mass is 10.0. The largest absolute Gasteiger partial charge is 0.347 e. The van der Waals surface area contributed by atoms with Crippen LogP contribution in [0.25, 0.3) is 0 Å². The van der Waals surface area contributed by atoms with Crippen molar-refractivity contribution in [3.05, 3.63) is 111 Å². The number of rotatable bonds is 6. The highest BCUT2D eigenvalue weighted by molar-refractivity contribution is 8.05. The van der Waals surface area contributed by atoms with Crippen molar-refractivity contribution >= 4 is 40.9 Å². The van der Waals surface area contributed by atoms with Gasteiger partial charge in [0.2, 0.25) is 5.91 Å². The molecule has 0 spiro atoms. The van der Waals surface area contributed by atoms with Crippen LogP contribution in [0, 0.1) is 18.3 Å². The Balaban J connectivity index is 1.68. The highest BCUT2D eigenvalue weighted by Crippen LogP contribution is 2.42. The standard InChI is InChI=1S/C27H22ClN3O2S/c1-18-7-5-6-10-20(18)15-24-26(33)31(22-13-11-21(28)12-14-22)27(34-24)23(16-29)25(32)30-17-19-8-3-2-4-9-19/h2-14,24H,15,17H2,1H3,(H,30,32)/b27-23-/t24-/m0/s1. The summed E-state index contributed by atoms with van der Waals surface area (Å²) in [6, 6.07) is 26.2. The van der Waals surface area contributed by atoms with E-state index in [1.54, 1.807) is 24.3 Å². The zero-order valence-electron chi connectivity index (χ0n) is 18.5. The van der Waals surface area contributed by atoms with E-state index in [1.807, 2.05) is 67.6 Å². The molecule has 0 bridgehead atoms. The molecule has 3 aromatic carbocycles. The molecule has 5 nitrogen and oxygen atoms in total. The summed E-state index contributed by atoms with van der Waals surface area (Å²) in [7, 11) is 0. The van der Waals surface area contributed by atoms with Crippen LogP contribution in [0.1, 0.15) is 16.7 Å². The maximum absolute atomic E-state index is 13.5. The van der Waals surface area contributed by atoms with Crippen molar-refractivity contribution in [1.29, 1.82) is 5.26 Å². The highest BCUT2D eigenvalue weighted by atomic mass is 35.5. The van der Waals surface area contributed by atoms with Crippen LogP contribution in [0.4, 0.5) is 5.69 Å². The predicted octanol–water partition coefficient (Wildman–Crippen LogP) is 5.39. The van der Waals surface area contributed by atoms with E-state index in [4.69, 9.17) is 11.6 Å². The molecular weight excluding hydrogens is 466 g/mol. The fourth-order valence-corrected chi connectivity index (χ4v) is 5.14. The maximum Gasteiger partial charge on any atom is 0.264 e. The van der Waals surface area contributed by atoms with Crippen molar-refractivity contribution < 1.29 is 9.59 Å². The summed E-state index contributed by atoms with van der Waals surface area (Å²) in [6.07, 6.45) is 0.494. The van der Waals surface area contributed by atoms with E-state index in [-0.39, 0.29) is 18.0 Å². The summed E-state index contributed by atoms with van der Waals surface area (Å²) in [6.45, 7) is 2.29. The molecule has 1 atom stereocenters. The molecular formula is C27H22ClN3O2S. The Morgan fingerprint density at radius 2 is 1.74 bits per heavy atom. The zero-order valence-corrected chi connectivity index (χ0v) is 20.1. The maximum atomic E-state index is 13.5. The van der Waals surface area contributed by atoms with Crippen LogP contribution in [0.2, 0.25) is 5.02 Å². The molecule has 7 heteroatoms. The third kappa shape index (κ3) is 5.17. The van der Waals surface area contributed by atoms with Gasteiger partial charge in [-0.3, -0.25) is 14.5 Å². The number of thioether (sulfide) groups is 1. The van der Waals surface area contributed by atoms with E-state index in [1.165, 1.54) is 16.7 Å². The number of nitrogens with zero attached hydrogens (tertiary/aromatic N) is 2. The van der Waals surface area contributed by atoms with Crippen LogP contribution >= 0.6 is 23.4 Å². The lowest BCUT2D eigenvalue weighted by Crippen LogP contribution is -2.32. The van der Waals surface area contributed by atoms with Crippen LogP contribution in [0.5, 0.6) is 0 Å². The number of carbonyl (C=O) groups excluding carboxylic acids is 2. The molecule has 3 aromatic rings. The molecule has 0 saturated carbocycles. The summed E-state index contributed by atoms with van der Waals surface area (Å²) in [5.74, 6) is -0.689. The van der Waals surface area contributed by atoms with Crippen molar-refractivity contribution in [1.82, 2.24) is 5.32 Å². The second-order valence-electron chi connectivity index (χ2n) is 7.85. The fourth-order valence-electron chi connectivity index (χ4n) is 3.72. The van der Waals surface area contributed by atoms with Gasteiger partial charge in [0.1, 0.15) is 16.7 Å². The van der Waals surface area contributed by atoms with Crippen molar-refractivity contribution in [3.8, 4) is 6.07 Å². The minimum absolute atomic E-state index is 0.0866. The van der Waals surface area contributed by atoms with Crippen LogP contribution in [-0.4, -0.2) is 17.1 Å². The first kappa shape index (κ1) is 23.6. The van der Waals surface area contributed by atoms with Gasteiger partial charge in [-0.05, 0) is 54.3 Å². The number of amides is 2. The number of benzene rings is 3. The van der Waals surface area contributed by atoms with Gasteiger partial charge in [0.15, 0.2) is 0 Å². The van der Waals surface area contributed by atoms with E-state index in [0.717, 1.165) is 16.7 Å². The normalized spacial score (nSPS) is 16.8. The van der Waals surface area contributed by atoms with Gasteiger partial charge < -0.3 is 5.32 Å². The van der Waals surface area contributed by atoms with E-state index in [0.29, 0.717) is 22.2 Å². The summed E-state index contributed by atoms with van der Waals surface area (Å²) >= 11 is 7.30. The van der Waals surface area contributed by atoms with Crippen molar-refractivity contribution in [2.24, 2.45) is 0 Å². The lowest BCUT2D eigenvalue weighted by Gasteiger charge is -2.19. The number of anilines is 1. The molecule has 170 valence electrons. The van der Waals surface area contributed by atoms with Crippen LogP contribution in [-0.2, 0) is 22.6 Å². The number of carbonyl (C=O) groups is 2. The molecule has 0 unspecified atom stereocenters. The van der Waals surface area contributed by atoms with E-state index >= 15 is 0 Å². The van der Waals surface area contributed by atoms with Gasteiger partial charge in [-0.15, -0.1) is 0 Å². The number of nitrogens with one attached hydrogen (secondary N) is 1. The first-order chi connectivity index (χ1) is 16.5. The van der Waals surface area contributed by atoms with Gasteiger partial charge in [0, 0.05) is 17.3 Å². The van der Waals surface area contributed by atoms with E-state index in [9.17, 15) is 14.9 Å². The molecule has 0 radical (unpaired) electrons. The van der Waals surface area contributed by atoms with Gasteiger partial charge >= 0.3 is 0 Å². The average molecular weight is 488 g/mol. The molecule has 4 rings (SSSR count). The molecule has 0 aromatic heterocycles. The Kier molecular flexibility index (Phi) is 7.36. The van der Waals surface area contributed by atoms with Gasteiger partial charge in [-0.1, -0.05) is 78.0 Å². The molecule has 1 aliphatic rings. The van der Waals surface area contributed by atoms with Crippen LogP contribution in [0.3, 0.4) is 0 Å². The fraction of sp³-hybridized carbons (Fsp3) is 0.148. The highest BCUT2D eigenvalue weighted by Gasteiger charge is 2.40.